The van der Waals surface area contributed by atoms with Gasteiger partial charge in [0.1, 0.15) is 5.92 Å². The average Bonchev–Trinajstić information content (AvgIpc) is 2.19. The van der Waals surface area contributed by atoms with Crippen molar-refractivity contribution in [2.75, 3.05) is 13.1 Å². The van der Waals surface area contributed by atoms with E-state index >= 15 is 0 Å². The van der Waals surface area contributed by atoms with Crippen molar-refractivity contribution >= 4 is 11.9 Å². The summed E-state index contributed by atoms with van der Waals surface area (Å²) < 4.78 is 0. The van der Waals surface area contributed by atoms with Crippen LogP contribution < -0.4 is 0 Å². The van der Waals surface area contributed by atoms with Crippen LogP contribution in [0.1, 0.15) is 32.6 Å². The van der Waals surface area contributed by atoms with E-state index in [9.17, 15) is 9.59 Å². The Morgan fingerprint density at radius 2 is 1.86 bits per heavy atom. The minimum absolute atomic E-state index is 0.209. The van der Waals surface area contributed by atoms with E-state index in [-0.39, 0.29) is 5.91 Å². The van der Waals surface area contributed by atoms with Crippen molar-refractivity contribution in [3.05, 3.63) is 0 Å². The summed E-state index contributed by atoms with van der Waals surface area (Å²) in [6, 6.07) is 0. The second kappa shape index (κ2) is 4.98. The number of nitrogens with zero attached hydrogens (tertiary/aromatic N) is 1. The third-order valence-electron chi connectivity index (χ3n) is 2.67. The largest absolute Gasteiger partial charge is 0.481 e. The summed E-state index contributed by atoms with van der Waals surface area (Å²) in [6.45, 7) is 3.19. The van der Waals surface area contributed by atoms with E-state index < -0.39 is 11.9 Å². The Morgan fingerprint density at radius 1 is 1.29 bits per heavy atom. The topological polar surface area (TPSA) is 57.6 Å². The van der Waals surface area contributed by atoms with Crippen LogP contribution >= 0.6 is 0 Å². The summed E-state index contributed by atoms with van der Waals surface area (Å²) in [7, 11) is 0. The molecule has 0 aromatic heterocycles. The van der Waals surface area contributed by atoms with E-state index in [1.54, 1.807) is 11.8 Å². The molecule has 0 bridgehead atoms. The van der Waals surface area contributed by atoms with Crippen molar-refractivity contribution in [3.8, 4) is 0 Å². The highest BCUT2D eigenvalue weighted by molar-refractivity contribution is 5.96. The monoisotopic (exact) mass is 199 g/mol. The molecule has 4 nitrogen and oxygen atoms in total. The molecule has 1 heterocycles. The first kappa shape index (κ1) is 11.0. The lowest BCUT2D eigenvalue weighted by Crippen LogP contribution is -2.42. The normalized spacial score (nSPS) is 19.1. The number of hydrogen-bond donors (Lipinski definition) is 1. The first-order chi connectivity index (χ1) is 6.66. The molecule has 0 aliphatic carbocycles. The lowest BCUT2D eigenvalue weighted by atomic mass is 10.0. The standard InChI is InChI=1S/C10H17NO3/c1-2-8(10(13)14)9(12)11-6-4-3-5-7-11/h8H,2-7H2,1H3,(H,13,14). The van der Waals surface area contributed by atoms with Gasteiger partial charge in [0.05, 0.1) is 0 Å². The second-order valence-electron chi connectivity index (χ2n) is 3.69. The maximum atomic E-state index is 11.7. The van der Waals surface area contributed by atoms with Crippen molar-refractivity contribution in [2.24, 2.45) is 5.92 Å². The van der Waals surface area contributed by atoms with Crippen molar-refractivity contribution in [1.29, 1.82) is 0 Å². The third-order valence-corrected chi connectivity index (χ3v) is 2.67. The van der Waals surface area contributed by atoms with Crippen LogP contribution in [-0.2, 0) is 9.59 Å². The molecule has 1 saturated heterocycles. The van der Waals surface area contributed by atoms with Crippen molar-refractivity contribution in [1.82, 2.24) is 4.90 Å². The Balaban J connectivity index is 2.56. The van der Waals surface area contributed by atoms with Gasteiger partial charge in [-0.15, -0.1) is 0 Å². The minimum atomic E-state index is -0.997. The molecule has 0 saturated carbocycles. The number of carboxylic acids is 1. The molecule has 14 heavy (non-hydrogen) atoms. The molecule has 0 spiro atoms. The maximum Gasteiger partial charge on any atom is 0.316 e. The van der Waals surface area contributed by atoms with Gasteiger partial charge in [0.15, 0.2) is 0 Å². The molecular formula is C10H17NO3. The molecule has 1 rings (SSSR count). The Labute approximate surface area is 83.9 Å². The third kappa shape index (κ3) is 2.47. The quantitative estimate of drug-likeness (QED) is 0.693. The molecule has 1 fully saturated rings. The Bertz CT molecular complexity index is 221. The summed E-state index contributed by atoms with van der Waals surface area (Å²) in [6.07, 6.45) is 3.53. The lowest BCUT2D eigenvalue weighted by molar-refractivity contribution is -0.151. The van der Waals surface area contributed by atoms with Gasteiger partial charge in [-0.05, 0) is 25.7 Å². The van der Waals surface area contributed by atoms with Crippen LogP contribution in [0.3, 0.4) is 0 Å². The van der Waals surface area contributed by atoms with E-state index in [4.69, 9.17) is 5.11 Å². The van der Waals surface area contributed by atoms with Crippen LogP contribution in [-0.4, -0.2) is 35.0 Å². The van der Waals surface area contributed by atoms with E-state index in [0.717, 1.165) is 32.4 Å². The second-order valence-corrected chi connectivity index (χ2v) is 3.69. The van der Waals surface area contributed by atoms with Gasteiger partial charge in [-0.3, -0.25) is 9.59 Å². The minimum Gasteiger partial charge on any atom is -0.481 e. The van der Waals surface area contributed by atoms with Gasteiger partial charge in [0, 0.05) is 13.1 Å². The Hall–Kier alpha value is -1.06. The molecule has 0 aromatic rings. The Morgan fingerprint density at radius 3 is 2.29 bits per heavy atom. The van der Waals surface area contributed by atoms with Gasteiger partial charge in [-0.2, -0.15) is 0 Å². The fourth-order valence-electron chi connectivity index (χ4n) is 1.79. The summed E-state index contributed by atoms with van der Waals surface area (Å²) in [4.78, 5) is 24.2. The van der Waals surface area contributed by atoms with E-state index in [2.05, 4.69) is 0 Å². The molecule has 0 aromatic carbocycles. The number of carbonyl (C=O) groups excluding carboxylic acids is 1. The van der Waals surface area contributed by atoms with E-state index in [1.807, 2.05) is 0 Å². The zero-order chi connectivity index (χ0) is 10.6. The first-order valence-electron chi connectivity index (χ1n) is 5.18. The zero-order valence-electron chi connectivity index (χ0n) is 8.53. The molecule has 80 valence electrons. The first-order valence-corrected chi connectivity index (χ1v) is 5.18. The van der Waals surface area contributed by atoms with Crippen LogP contribution in [0.4, 0.5) is 0 Å². The van der Waals surface area contributed by atoms with E-state index in [1.165, 1.54) is 0 Å². The number of amides is 1. The smallest absolute Gasteiger partial charge is 0.316 e. The molecule has 1 atom stereocenters. The van der Waals surface area contributed by atoms with Crippen LogP contribution in [0.2, 0.25) is 0 Å². The zero-order valence-corrected chi connectivity index (χ0v) is 8.53. The number of piperidine rings is 1. The number of hydrogen-bond acceptors (Lipinski definition) is 2. The fourth-order valence-corrected chi connectivity index (χ4v) is 1.79. The highest BCUT2D eigenvalue weighted by atomic mass is 16.4. The lowest BCUT2D eigenvalue weighted by Gasteiger charge is -2.28. The average molecular weight is 199 g/mol. The highest BCUT2D eigenvalue weighted by Crippen LogP contribution is 2.14. The molecule has 1 aliphatic heterocycles. The number of aliphatic carboxylic acids is 1. The van der Waals surface area contributed by atoms with Crippen LogP contribution in [0, 0.1) is 5.92 Å². The van der Waals surface area contributed by atoms with Gasteiger partial charge >= 0.3 is 5.97 Å². The number of rotatable bonds is 3. The van der Waals surface area contributed by atoms with Gasteiger partial charge in [-0.25, -0.2) is 0 Å². The molecule has 1 amide bonds. The molecule has 1 unspecified atom stereocenters. The molecular weight excluding hydrogens is 182 g/mol. The number of likely N-dealkylation sites (tertiary alicyclic amines) is 1. The fraction of sp³-hybridized carbons (Fsp3) is 0.800. The highest BCUT2D eigenvalue weighted by Gasteiger charge is 2.29. The molecule has 0 radical (unpaired) electrons. The van der Waals surface area contributed by atoms with Gasteiger partial charge in [0.25, 0.3) is 0 Å². The van der Waals surface area contributed by atoms with E-state index in [0.29, 0.717) is 6.42 Å². The van der Waals surface area contributed by atoms with Gasteiger partial charge < -0.3 is 10.0 Å². The Kier molecular flexibility index (Phi) is 3.92. The maximum absolute atomic E-state index is 11.7. The van der Waals surface area contributed by atoms with Crippen LogP contribution in [0.5, 0.6) is 0 Å². The number of carbonyl (C=O) groups is 2. The number of carboxylic acid groups (broad SMARTS) is 1. The SMILES string of the molecule is CCC(C(=O)O)C(=O)N1CCCCC1. The summed E-state index contributed by atoms with van der Waals surface area (Å²) in [5, 5.41) is 8.83. The summed E-state index contributed by atoms with van der Waals surface area (Å²) in [5.41, 5.74) is 0. The van der Waals surface area contributed by atoms with Gasteiger partial charge in [-0.1, -0.05) is 6.92 Å². The molecule has 1 aliphatic rings. The predicted molar refractivity (Wildman–Crippen MR) is 51.8 cm³/mol. The van der Waals surface area contributed by atoms with Gasteiger partial charge in [0.2, 0.25) is 5.91 Å². The summed E-state index contributed by atoms with van der Waals surface area (Å²) in [5.74, 6) is -2.05. The van der Waals surface area contributed by atoms with Crippen LogP contribution in [0.25, 0.3) is 0 Å². The predicted octanol–water partition coefficient (Wildman–Crippen LogP) is 1.11. The van der Waals surface area contributed by atoms with Crippen LogP contribution in [0.15, 0.2) is 0 Å². The van der Waals surface area contributed by atoms with Crippen molar-refractivity contribution < 1.29 is 14.7 Å². The molecule has 1 N–H and O–H groups in total. The summed E-state index contributed by atoms with van der Waals surface area (Å²) >= 11 is 0. The van der Waals surface area contributed by atoms with Crippen molar-refractivity contribution in [2.45, 2.75) is 32.6 Å². The van der Waals surface area contributed by atoms with Crippen molar-refractivity contribution in [3.63, 3.8) is 0 Å². The molecule has 4 heteroatoms.